The van der Waals surface area contributed by atoms with Gasteiger partial charge in [0.15, 0.2) is 6.04 Å². The minimum absolute atomic E-state index is 0.00969. The summed E-state index contributed by atoms with van der Waals surface area (Å²) in [7, 11) is 4.17. The van der Waals surface area contributed by atoms with Crippen molar-refractivity contribution in [2.24, 2.45) is 5.73 Å². The summed E-state index contributed by atoms with van der Waals surface area (Å²) in [6.45, 7) is 2.97. The van der Waals surface area contributed by atoms with Gasteiger partial charge in [0.2, 0.25) is 5.91 Å². The van der Waals surface area contributed by atoms with Crippen molar-refractivity contribution < 1.29 is 14.1 Å². The number of nitrogen functional groups attached to an aromatic ring is 1. The molecule has 0 aliphatic carbocycles. The average molecular weight is 437 g/mol. The fourth-order valence-electron chi connectivity index (χ4n) is 4.29. The van der Waals surface area contributed by atoms with Crippen molar-refractivity contribution >= 4 is 17.6 Å². The van der Waals surface area contributed by atoms with Crippen LogP contribution in [-0.4, -0.2) is 54.9 Å². The number of amides is 2. The summed E-state index contributed by atoms with van der Waals surface area (Å²) in [5.74, 6) is 0.0504. The van der Waals surface area contributed by atoms with Crippen molar-refractivity contribution in [1.29, 1.82) is 5.41 Å². The van der Waals surface area contributed by atoms with Gasteiger partial charge in [-0.3, -0.25) is 15.0 Å². The van der Waals surface area contributed by atoms with E-state index in [1.54, 1.807) is 19.1 Å². The molecule has 1 unspecified atom stereocenters. The van der Waals surface area contributed by atoms with E-state index in [1.807, 2.05) is 30.3 Å². The number of nitrogens with two attached hydrogens (primary N) is 1. The molecule has 1 heterocycles. The molecule has 7 heteroatoms. The van der Waals surface area contributed by atoms with E-state index in [-0.39, 0.29) is 23.7 Å². The van der Waals surface area contributed by atoms with Gasteiger partial charge in [-0.15, -0.1) is 0 Å². The number of likely N-dealkylation sites (tertiary alicyclic amines) is 1. The van der Waals surface area contributed by atoms with Crippen LogP contribution in [-0.2, 0) is 16.1 Å². The number of benzene rings is 2. The molecule has 0 radical (unpaired) electrons. The summed E-state index contributed by atoms with van der Waals surface area (Å²) in [5.41, 5.74) is 8.28. The molecule has 3 atom stereocenters. The molecule has 1 saturated heterocycles. The third-order valence-corrected chi connectivity index (χ3v) is 6.46. The van der Waals surface area contributed by atoms with Crippen molar-refractivity contribution in [3.63, 3.8) is 0 Å². The highest BCUT2D eigenvalue weighted by Crippen LogP contribution is 2.34. The molecule has 170 valence electrons. The van der Waals surface area contributed by atoms with Crippen molar-refractivity contribution in [2.75, 3.05) is 20.6 Å². The predicted octanol–water partition coefficient (Wildman–Crippen LogP) is 2.11. The Balaban J connectivity index is 1.56. The number of likely N-dealkylation sites (N-methyl/N-ethyl adjacent to an activating group) is 1. The number of nitrogens with zero attached hydrogens (tertiary/aromatic N) is 1. The zero-order valence-corrected chi connectivity index (χ0v) is 19.1. The van der Waals surface area contributed by atoms with E-state index in [0.717, 1.165) is 24.9 Å². The second kappa shape index (κ2) is 9.96. The quantitative estimate of drug-likeness (QED) is 0.303. The van der Waals surface area contributed by atoms with Crippen LogP contribution in [0.15, 0.2) is 54.6 Å². The summed E-state index contributed by atoms with van der Waals surface area (Å²) < 4.78 is 0.617. The Kier molecular flexibility index (Phi) is 7.30. The Labute approximate surface area is 190 Å². The average Bonchev–Trinajstić information content (AvgIpc) is 2.78. The fourth-order valence-corrected chi connectivity index (χ4v) is 4.29. The highest BCUT2D eigenvalue weighted by molar-refractivity contribution is 5.94. The number of piperidine rings is 1. The zero-order valence-electron chi connectivity index (χ0n) is 19.1. The first kappa shape index (κ1) is 23.5. The number of hydrogen-bond acceptors (Lipinski definition) is 3. The van der Waals surface area contributed by atoms with Gasteiger partial charge in [-0.25, -0.2) is 0 Å². The summed E-state index contributed by atoms with van der Waals surface area (Å²) in [6.07, 6.45) is 1.80. The second-order valence-electron chi connectivity index (χ2n) is 9.21. The van der Waals surface area contributed by atoms with E-state index < -0.39 is 6.04 Å². The topological polar surface area (TPSA) is 108 Å². The van der Waals surface area contributed by atoms with Gasteiger partial charge in [0.05, 0.1) is 20.6 Å². The lowest BCUT2D eigenvalue weighted by Crippen LogP contribution is -2.61. The largest absolute Gasteiger partial charge is 0.384 e. The third kappa shape index (κ3) is 5.73. The van der Waals surface area contributed by atoms with Crippen molar-refractivity contribution in [1.82, 2.24) is 10.6 Å². The molecule has 2 aromatic rings. The van der Waals surface area contributed by atoms with Gasteiger partial charge in [-0.1, -0.05) is 54.6 Å². The molecule has 0 spiro atoms. The summed E-state index contributed by atoms with van der Waals surface area (Å²) in [5, 5.41) is 13.2. The number of quaternary nitrogens is 1. The molecule has 2 amide bonds. The van der Waals surface area contributed by atoms with Crippen LogP contribution in [0.2, 0.25) is 0 Å². The monoisotopic (exact) mass is 436 g/mol. The lowest BCUT2D eigenvalue weighted by Gasteiger charge is -2.43. The number of nitrogens with one attached hydrogen (secondary N) is 3. The fraction of sp³-hybridized carbons (Fsp3) is 0.400. The maximum Gasteiger partial charge on any atom is 0.279 e. The molecule has 2 aromatic carbocycles. The van der Waals surface area contributed by atoms with Crippen molar-refractivity contribution in [2.45, 2.75) is 44.3 Å². The lowest BCUT2D eigenvalue weighted by molar-refractivity contribution is -0.911. The number of hydrogen-bond donors (Lipinski definition) is 4. The Morgan fingerprint density at radius 1 is 1.12 bits per heavy atom. The Morgan fingerprint density at radius 3 is 2.41 bits per heavy atom. The second-order valence-corrected chi connectivity index (χ2v) is 9.21. The number of carbonyl (C=O) groups excluding carboxylic acids is 2. The summed E-state index contributed by atoms with van der Waals surface area (Å²) in [6, 6.07) is 16.7. The van der Waals surface area contributed by atoms with Gasteiger partial charge in [-0.2, -0.15) is 0 Å². The first-order chi connectivity index (χ1) is 15.2. The van der Waals surface area contributed by atoms with Gasteiger partial charge < -0.3 is 20.9 Å². The van der Waals surface area contributed by atoms with Crippen LogP contribution in [0.4, 0.5) is 0 Å². The van der Waals surface area contributed by atoms with Gasteiger partial charge in [0, 0.05) is 24.9 Å². The Hall–Kier alpha value is -3.19. The molecular weight excluding hydrogens is 402 g/mol. The smallest absolute Gasteiger partial charge is 0.279 e. The first-order valence-corrected chi connectivity index (χ1v) is 11.1. The third-order valence-electron chi connectivity index (χ3n) is 6.46. The predicted molar refractivity (Wildman–Crippen MR) is 126 cm³/mol. The van der Waals surface area contributed by atoms with Crippen LogP contribution >= 0.6 is 0 Å². The first-order valence-electron chi connectivity index (χ1n) is 11.1. The Morgan fingerprint density at radius 2 is 1.78 bits per heavy atom. The molecule has 3 rings (SSSR count). The van der Waals surface area contributed by atoms with E-state index in [1.165, 1.54) is 5.56 Å². The van der Waals surface area contributed by atoms with Crippen molar-refractivity contribution in [3.05, 3.63) is 71.3 Å². The molecule has 1 aliphatic heterocycles. The summed E-state index contributed by atoms with van der Waals surface area (Å²) >= 11 is 0. The van der Waals surface area contributed by atoms with E-state index in [0.29, 0.717) is 22.5 Å². The van der Waals surface area contributed by atoms with Crippen molar-refractivity contribution in [3.8, 4) is 0 Å². The van der Waals surface area contributed by atoms with E-state index in [9.17, 15) is 9.59 Å². The number of amidine groups is 1. The molecule has 1 aliphatic rings. The van der Waals surface area contributed by atoms with Crippen LogP contribution in [0.3, 0.4) is 0 Å². The zero-order chi connectivity index (χ0) is 23.3. The molecule has 5 N–H and O–H groups in total. The molecule has 7 nitrogen and oxygen atoms in total. The normalized spacial score (nSPS) is 20.7. The SMILES string of the molecule is CC(NC(=O)[C@H]1C[C@@H](c2ccccc2)CC[N+]1(C)C)C(=O)NCc1ccc(C(=N)N)cc1. The minimum atomic E-state index is -0.629. The van der Waals surface area contributed by atoms with Gasteiger partial charge in [-0.05, 0) is 24.0 Å². The van der Waals surface area contributed by atoms with Crippen LogP contribution in [0.1, 0.15) is 42.4 Å². The standard InChI is InChI=1S/C25H33N5O2/c1-17(24(31)28-16-18-9-11-20(12-10-18)23(26)27)29-25(32)22-15-21(13-14-30(22,2)3)19-7-5-4-6-8-19/h4-12,17,21-22H,13-16H2,1-3H3,(H4-,26,27,28,29,31,32)/p+1/t17?,21-,22+/m0/s1. The Bertz CT molecular complexity index is 956. The molecule has 0 saturated carbocycles. The molecular formula is C25H34N5O2+. The van der Waals surface area contributed by atoms with Crippen LogP contribution in [0, 0.1) is 5.41 Å². The van der Waals surface area contributed by atoms with Crippen LogP contribution < -0.4 is 16.4 Å². The maximum absolute atomic E-state index is 13.1. The van der Waals surface area contributed by atoms with Crippen LogP contribution in [0.25, 0.3) is 0 Å². The van der Waals surface area contributed by atoms with Gasteiger partial charge >= 0.3 is 0 Å². The summed E-state index contributed by atoms with van der Waals surface area (Å²) in [4.78, 5) is 25.7. The highest BCUT2D eigenvalue weighted by atomic mass is 16.2. The maximum atomic E-state index is 13.1. The van der Waals surface area contributed by atoms with E-state index in [2.05, 4.69) is 36.9 Å². The van der Waals surface area contributed by atoms with Gasteiger partial charge in [0.1, 0.15) is 11.9 Å². The lowest BCUT2D eigenvalue weighted by atomic mass is 9.84. The number of rotatable bonds is 7. The molecule has 0 bridgehead atoms. The van der Waals surface area contributed by atoms with Gasteiger partial charge in [0.25, 0.3) is 5.91 Å². The van der Waals surface area contributed by atoms with E-state index >= 15 is 0 Å². The molecule has 0 aromatic heterocycles. The molecule has 1 fully saturated rings. The van der Waals surface area contributed by atoms with E-state index in [4.69, 9.17) is 11.1 Å². The van der Waals surface area contributed by atoms with Crippen LogP contribution in [0.5, 0.6) is 0 Å². The molecule has 32 heavy (non-hydrogen) atoms. The highest BCUT2D eigenvalue weighted by Gasteiger charge is 2.42. The minimum Gasteiger partial charge on any atom is -0.384 e. The number of carbonyl (C=O) groups is 2.